The van der Waals surface area contributed by atoms with Crippen molar-refractivity contribution in [2.24, 2.45) is 0 Å². The molecule has 0 saturated carbocycles. The van der Waals surface area contributed by atoms with Gasteiger partial charge < -0.3 is 15.6 Å². The van der Waals surface area contributed by atoms with Gasteiger partial charge in [0.15, 0.2) is 0 Å². The van der Waals surface area contributed by atoms with Crippen LogP contribution in [0.3, 0.4) is 0 Å². The summed E-state index contributed by atoms with van der Waals surface area (Å²) in [4.78, 5) is 26.4. The Morgan fingerprint density at radius 1 is 1.47 bits per heavy atom. The van der Waals surface area contributed by atoms with Gasteiger partial charge in [0.2, 0.25) is 0 Å². The fourth-order valence-corrected chi connectivity index (χ4v) is 1.87. The largest absolute Gasteiger partial charge is 0.478 e. The van der Waals surface area contributed by atoms with Gasteiger partial charge in [0, 0.05) is 0 Å². The first kappa shape index (κ1) is 15.3. The number of aromatic carboxylic acids is 1. The van der Waals surface area contributed by atoms with E-state index in [0.717, 1.165) is 11.8 Å². The lowest BCUT2D eigenvalue weighted by atomic mass is 10.2. The monoisotopic (exact) mass is 284 g/mol. The standard InChI is InChI=1S/C12H16N2O4S/c1-12(2,3)18-10(15)6-19-9-4-7(11(16)17)8(13)5-14-9/h4-5H,6,13H2,1-3H3,(H,16,17). The molecule has 0 fully saturated rings. The number of esters is 1. The van der Waals surface area contributed by atoms with E-state index in [9.17, 15) is 9.59 Å². The molecule has 0 aromatic carbocycles. The van der Waals surface area contributed by atoms with E-state index in [0.29, 0.717) is 5.03 Å². The van der Waals surface area contributed by atoms with Gasteiger partial charge in [-0.1, -0.05) is 11.8 Å². The summed E-state index contributed by atoms with van der Waals surface area (Å²) in [7, 11) is 0. The minimum absolute atomic E-state index is 0.0262. The highest BCUT2D eigenvalue weighted by Gasteiger charge is 2.17. The van der Waals surface area contributed by atoms with Gasteiger partial charge in [-0.25, -0.2) is 9.78 Å². The molecule has 1 aromatic heterocycles. The number of pyridine rings is 1. The number of aromatic nitrogens is 1. The van der Waals surface area contributed by atoms with Crippen LogP contribution in [-0.4, -0.2) is 33.4 Å². The second-order valence-electron chi connectivity index (χ2n) is 4.79. The predicted octanol–water partition coefficient (Wildman–Crippen LogP) is 1.80. The molecule has 0 unspecified atom stereocenters. The van der Waals surface area contributed by atoms with Gasteiger partial charge in [-0.15, -0.1) is 0 Å². The Bertz CT molecular complexity index is 497. The van der Waals surface area contributed by atoms with Gasteiger partial charge in [-0.05, 0) is 26.8 Å². The van der Waals surface area contributed by atoms with Crippen LogP contribution >= 0.6 is 11.8 Å². The van der Waals surface area contributed by atoms with E-state index in [1.165, 1.54) is 12.3 Å². The number of hydrogen-bond donors (Lipinski definition) is 2. The average Bonchev–Trinajstić information content (AvgIpc) is 2.25. The Morgan fingerprint density at radius 3 is 2.63 bits per heavy atom. The number of nitrogen functional groups attached to an aromatic ring is 1. The van der Waals surface area contributed by atoms with Crippen molar-refractivity contribution in [1.29, 1.82) is 0 Å². The molecular weight excluding hydrogens is 268 g/mol. The summed E-state index contributed by atoms with van der Waals surface area (Å²) in [6.07, 6.45) is 1.26. The van der Waals surface area contributed by atoms with Gasteiger partial charge in [0.05, 0.1) is 28.2 Å². The van der Waals surface area contributed by atoms with E-state index in [1.54, 1.807) is 20.8 Å². The molecule has 7 heteroatoms. The molecule has 1 aromatic rings. The van der Waals surface area contributed by atoms with Crippen molar-refractivity contribution in [2.75, 3.05) is 11.5 Å². The molecule has 0 bridgehead atoms. The Balaban J connectivity index is 2.66. The number of carboxylic acid groups (broad SMARTS) is 1. The second-order valence-corrected chi connectivity index (χ2v) is 5.79. The van der Waals surface area contributed by atoms with Crippen LogP contribution in [-0.2, 0) is 9.53 Å². The summed E-state index contributed by atoms with van der Waals surface area (Å²) in [6, 6.07) is 1.34. The molecule has 0 saturated heterocycles. The number of rotatable bonds is 4. The highest BCUT2D eigenvalue weighted by atomic mass is 32.2. The van der Waals surface area contributed by atoms with E-state index in [-0.39, 0.29) is 23.0 Å². The number of ether oxygens (including phenoxy) is 1. The molecule has 3 N–H and O–H groups in total. The summed E-state index contributed by atoms with van der Waals surface area (Å²) in [5, 5.41) is 9.33. The Hall–Kier alpha value is -1.76. The van der Waals surface area contributed by atoms with Crippen molar-refractivity contribution in [3.63, 3.8) is 0 Å². The molecule has 1 heterocycles. The summed E-state index contributed by atoms with van der Waals surface area (Å²) >= 11 is 1.10. The summed E-state index contributed by atoms with van der Waals surface area (Å²) in [5.74, 6) is -1.44. The zero-order valence-corrected chi connectivity index (χ0v) is 11.8. The first-order chi connectivity index (χ1) is 8.69. The van der Waals surface area contributed by atoms with Crippen LogP contribution in [0.2, 0.25) is 0 Å². The molecule has 0 spiro atoms. The molecular formula is C12H16N2O4S. The highest BCUT2D eigenvalue weighted by Crippen LogP contribution is 2.21. The van der Waals surface area contributed by atoms with Crippen LogP contribution in [0.1, 0.15) is 31.1 Å². The number of anilines is 1. The van der Waals surface area contributed by atoms with Crippen molar-refractivity contribution >= 4 is 29.4 Å². The third-order valence-electron chi connectivity index (χ3n) is 1.90. The molecule has 19 heavy (non-hydrogen) atoms. The van der Waals surface area contributed by atoms with Crippen molar-refractivity contribution in [1.82, 2.24) is 4.98 Å². The predicted molar refractivity (Wildman–Crippen MR) is 72.2 cm³/mol. The number of hydrogen-bond acceptors (Lipinski definition) is 6. The Labute approximate surface area is 115 Å². The van der Waals surface area contributed by atoms with Gasteiger partial charge in [-0.2, -0.15) is 0 Å². The molecule has 0 aliphatic rings. The van der Waals surface area contributed by atoms with Gasteiger partial charge >= 0.3 is 11.9 Å². The lowest BCUT2D eigenvalue weighted by molar-refractivity contribution is -0.151. The van der Waals surface area contributed by atoms with E-state index in [2.05, 4.69) is 4.98 Å². The fourth-order valence-electron chi connectivity index (χ4n) is 1.21. The summed E-state index contributed by atoms with van der Waals surface area (Å²) in [5.41, 5.74) is 5.01. The molecule has 0 amide bonds. The van der Waals surface area contributed by atoms with Crippen LogP contribution in [0.5, 0.6) is 0 Å². The van der Waals surface area contributed by atoms with Crippen LogP contribution in [0.15, 0.2) is 17.3 Å². The minimum atomic E-state index is -1.13. The third-order valence-corrected chi connectivity index (χ3v) is 2.80. The van der Waals surface area contributed by atoms with E-state index >= 15 is 0 Å². The number of nitrogens with zero attached hydrogens (tertiary/aromatic N) is 1. The Morgan fingerprint density at radius 2 is 2.11 bits per heavy atom. The maximum absolute atomic E-state index is 11.5. The van der Waals surface area contributed by atoms with E-state index in [1.807, 2.05) is 0 Å². The van der Waals surface area contributed by atoms with Crippen molar-refractivity contribution < 1.29 is 19.4 Å². The zero-order valence-electron chi connectivity index (χ0n) is 11.0. The molecule has 0 aliphatic carbocycles. The number of carboxylic acids is 1. The summed E-state index contributed by atoms with van der Waals surface area (Å²) < 4.78 is 5.13. The highest BCUT2D eigenvalue weighted by molar-refractivity contribution is 7.99. The topological polar surface area (TPSA) is 103 Å². The first-order valence-electron chi connectivity index (χ1n) is 5.52. The number of carbonyl (C=O) groups is 2. The summed E-state index contributed by atoms with van der Waals surface area (Å²) in [6.45, 7) is 5.33. The lowest BCUT2D eigenvalue weighted by Gasteiger charge is -2.19. The second kappa shape index (κ2) is 5.92. The number of nitrogens with two attached hydrogens (primary N) is 1. The third kappa shape index (κ3) is 5.17. The zero-order chi connectivity index (χ0) is 14.6. The quantitative estimate of drug-likeness (QED) is 0.641. The maximum Gasteiger partial charge on any atom is 0.337 e. The van der Waals surface area contributed by atoms with Crippen LogP contribution in [0.25, 0.3) is 0 Å². The molecule has 1 rings (SSSR count). The smallest absolute Gasteiger partial charge is 0.337 e. The first-order valence-corrected chi connectivity index (χ1v) is 6.51. The van der Waals surface area contributed by atoms with Crippen LogP contribution in [0, 0.1) is 0 Å². The minimum Gasteiger partial charge on any atom is -0.478 e. The normalized spacial score (nSPS) is 11.1. The molecule has 0 radical (unpaired) electrons. The molecule has 0 aliphatic heterocycles. The van der Waals surface area contributed by atoms with Gasteiger partial charge in [0.25, 0.3) is 0 Å². The van der Waals surface area contributed by atoms with E-state index < -0.39 is 11.6 Å². The molecule has 104 valence electrons. The average molecular weight is 284 g/mol. The fraction of sp³-hybridized carbons (Fsp3) is 0.417. The number of carbonyl (C=O) groups excluding carboxylic acids is 1. The maximum atomic E-state index is 11.5. The van der Waals surface area contributed by atoms with Crippen molar-refractivity contribution in [2.45, 2.75) is 31.4 Å². The van der Waals surface area contributed by atoms with Gasteiger partial charge in [-0.3, -0.25) is 4.79 Å². The number of thioether (sulfide) groups is 1. The van der Waals surface area contributed by atoms with Crippen molar-refractivity contribution in [3.8, 4) is 0 Å². The molecule has 0 atom stereocenters. The van der Waals surface area contributed by atoms with Gasteiger partial charge in [0.1, 0.15) is 5.60 Å². The SMILES string of the molecule is CC(C)(C)OC(=O)CSc1cc(C(=O)O)c(N)cn1. The van der Waals surface area contributed by atoms with Crippen LogP contribution < -0.4 is 5.73 Å². The van der Waals surface area contributed by atoms with E-state index in [4.69, 9.17) is 15.6 Å². The van der Waals surface area contributed by atoms with Crippen molar-refractivity contribution in [3.05, 3.63) is 17.8 Å². The molecule has 6 nitrogen and oxygen atoms in total. The lowest BCUT2D eigenvalue weighted by Crippen LogP contribution is -2.24. The van der Waals surface area contributed by atoms with Crippen LogP contribution in [0.4, 0.5) is 5.69 Å². The Kier molecular flexibility index (Phi) is 4.77.